The summed E-state index contributed by atoms with van der Waals surface area (Å²) in [5, 5.41) is 3.47. The lowest BCUT2D eigenvalue weighted by molar-refractivity contribution is 0.533. The minimum absolute atomic E-state index is 0.0817. The SMILES string of the molecule is Cc1nc2ccc(-c3cc(=O)n4cc(N5C[C@H]6CNC[C@H]6C5)ccc4n3)cc2o1. The normalized spacial score (nSPS) is 21.3. The molecule has 0 unspecified atom stereocenters. The molecular weight excluding hydrogens is 366 g/mol. The summed E-state index contributed by atoms with van der Waals surface area (Å²) in [5.74, 6) is 2.04. The van der Waals surface area contributed by atoms with Crippen molar-refractivity contribution in [3.8, 4) is 11.3 Å². The first-order valence-corrected chi connectivity index (χ1v) is 10.0. The van der Waals surface area contributed by atoms with Gasteiger partial charge in [0.15, 0.2) is 11.5 Å². The Kier molecular flexibility index (Phi) is 3.55. The summed E-state index contributed by atoms with van der Waals surface area (Å²) in [4.78, 5) is 24.3. The van der Waals surface area contributed by atoms with Crippen LogP contribution in [0, 0.1) is 18.8 Å². The number of aryl methyl sites for hydroxylation is 1. The van der Waals surface area contributed by atoms with E-state index >= 15 is 0 Å². The van der Waals surface area contributed by atoms with E-state index in [9.17, 15) is 4.79 Å². The van der Waals surface area contributed by atoms with Gasteiger partial charge in [-0.3, -0.25) is 9.20 Å². The van der Waals surface area contributed by atoms with Crippen LogP contribution in [0.1, 0.15) is 5.89 Å². The number of oxazole rings is 1. The summed E-state index contributed by atoms with van der Waals surface area (Å²) in [5.41, 5.74) is 4.64. The number of nitrogens with one attached hydrogen (secondary N) is 1. The van der Waals surface area contributed by atoms with Crippen LogP contribution in [0.5, 0.6) is 0 Å². The molecule has 2 atom stereocenters. The van der Waals surface area contributed by atoms with Gasteiger partial charge in [0.25, 0.3) is 5.56 Å². The summed E-state index contributed by atoms with van der Waals surface area (Å²) >= 11 is 0. The van der Waals surface area contributed by atoms with Crippen LogP contribution in [-0.2, 0) is 0 Å². The fraction of sp³-hybridized carbons (Fsp3) is 0.318. The van der Waals surface area contributed by atoms with Crippen LogP contribution in [0.15, 0.2) is 51.8 Å². The predicted molar refractivity (Wildman–Crippen MR) is 111 cm³/mol. The first kappa shape index (κ1) is 16.7. The van der Waals surface area contributed by atoms with Gasteiger partial charge in [0.2, 0.25) is 0 Å². The molecule has 5 heterocycles. The number of fused-ring (bicyclic) bond motifs is 3. The van der Waals surface area contributed by atoms with E-state index in [2.05, 4.69) is 21.3 Å². The molecule has 29 heavy (non-hydrogen) atoms. The maximum Gasteiger partial charge on any atom is 0.258 e. The topological polar surface area (TPSA) is 75.7 Å². The molecule has 0 saturated carbocycles. The fourth-order valence-corrected chi connectivity index (χ4v) is 4.69. The molecule has 0 spiro atoms. The van der Waals surface area contributed by atoms with E-state index in [1.807, 2.05) is 37.4 Å². The number of benzene rings is 1. The molecule has 0 radical (unpaired) electrons. The lowest BCUT2D eigenvalue weighted by atomic mass is 10.0. The largest absolute Gasteiger partial charge is 0.441 e. The van der Waals surface area contributed by atoms with Crippen LogP contribution < -0.4 is 15.8 Å². The second-order valence-electron chi connectivity index (χ2n) is 8.09. The van der Waals surface area contributed by atoms with Crippen molar-refractivity contribution < 1.29 is 4.42 Å². The van der Waals surface area contributed by atoms with E-state index in [-0.39, 0.29) is 5.56 Å². The number of hydrogen-bond donors (Lipinski definition) is 1. The molecule has 2 aliphatic heterocycles. The first-order chi connectivity index (χ1) is 14.1. The predicted octanol–water partition coefficient (Wildman–Crippen LogP) is 2.47. The molecule has 0 aliphatic carbocycles. The number of nitrogens with zero attached hydrogens (tertiary/aromatic N) is 4. The van der Waals surface area contributed by atoms with Gasteiger partial charge in [-0.25, -0.2) is 9.97 Å². The van der Waals surface area contributed by atoms with Gasteiger partial charge in [-0.15, -0.1) is 0 Å². The Morgan fingerprint density at radius 2 is 1.90 bits per heavy atom. The highest BCUT2D eigenvalue weighted by molar-refractivity contribution is 5.79. The molecule has 3 aromatic heterocycles. The van der Waals surface area contributed by atoms with Gasteiger partial charge in [0.1, 0.15) is 11.2 Å². The third-order valence-corrected chi connectivity index (χ3v) is 6.19. The molecule has 146 valence electrons. The zero-order valence-corrected chi connectivity index (χ0v) is 16.1. The highest BCUT2D eigenvalue weighted by Gasteiger charge is 2.36. The minimum atomic E-state index is -0.0817. The van der Waals surface area contributed by atoms with Gasteiger partial charge in [0.05, 0.1) is 11.4 Å². The molecular formula is C22H21N5O2. The number of rotatable bonds is 2. The fourth-order valence-electron chi connectivity index (χ4n) is 4.69. The van der Waals surface area contributed by atoms with Crippen molar-refractivity contribution >= 4 is 22.4 Å². The first-order valence-electron chi connectivity index (χ1n) is 10.0. The lowest BCUT2D eigenvalue weighted by Crippen LogP contribution is -2.26. The average Bonchev–Trinajstić information content (AvgIpc) is 3.40. The van der Waals surface area contributed by atoms with Gasteiger partial charge in [0, 0.05) is 50.9 Å². The van der Waals surface area contributed by atoms with Crippen LogP contribution in [0.2, 0.25) is 0 Å². The van der Waals surface area contributed by atoms with E-state index in [4.69, 9.17) is 9.40 Å². The average molecular weight is 387 g/mol. The monoisotopic (exact) mass is 387 g/mol. The Balaban J connectivity index is 1.38. The highest BCUT2D eigenvalue weighted by atomic mass is 16.3. The second kappa shape index (κ2) is 6.15. The van der Waals surface area contributed by atoms with Crippen molar-refractivity contribution in [1.29, 1.82) is 0 Å². The summed E-state index contributed by atoms with van der Waals surface area (Å²) in [6.07, 6.45) is 1.92. The van der Waals surface area contributed by atoms with Gasteiger partial charge in [-0.05, 0) is 36.1 Å². The van der Waals surface area contributed by atoms with Crippen molar-refractivity contribution in [1.82, 2.24) is 19.7 Å². The second-order valence-corrected chi connectivity index (χ2v) is 8.09. The smallest absolute Gasteiger partial charge is 0.258 e. The van der Waals surface area contributed by atoms with E-state index < -0.39 is 0 Å². The van der Waals surface area contributed by atoms with Gasteiger partial charge in [-0.1, -0.05) is 6.07 Å². The number of anilines is 1. The van der Waals surface area contributed by atoms with Gasteiger partial charge >= 0.3 is 0 Å². The van der Waals surface area contributed by atoms with Crippen LogP contribution in [0.3, 0.4) is 0 Å². The quantitative estimate of drug-likeness (QED) is 0.570. The highest BCUT2D eigenvalue weighted by Crippen LogP contribution is 2.30. The third-order valence-electron chi connectivity index (χ3n) is 6.19. The maximum absolute atomic E-state index is 12.9. The number of pyridine rings is 1. The standard InChI is InChI=1S/C22H21N5O2/c1-13-24-18-4-2-14(6-20(18)29-13)19-7-22(28)27-12-17(3-5-21(27)25-19)26-10-15-8-23-9-16(15)11-26/h2-7,12,15-16,23H,8-11H2,1H3/t15-,16+. The Morgan fingerprint density at radius 3 is 2.72 bits per heavy atom. The number of hydrogen-bond acceptors (Lipinski definition) is 6. The Morgan fingerprint density at radius 1 is 1.07 bits per heavy atom. The van der Waals surface area contributed by atoms with Crippen molar-refractivity contribution in [2.45, 2.75) is 6.92 Å². The molecule has 2 saturated heterocycles. The summed E-state index contributed by atoms with van der Waals surface area (Å²) in [6.45, 7) is 6.09. The zero-order chi connectivity index (χ0) is 19.5. The minimum Gasteiger partial charge on any atom is -0.441 e. The van der Waals surface area contributed by atoms with Crippen molar-refractivity contribution in [3.05, 3.63) is 58.8 Å². The van der Waals surface area contributed by atoms with Crippen molar-refractivity contribution in [2.24, 2.45) is 11.8 Å². The van der Waals surface area contributed by atoms with E-state index in [1.165, 1.54) is 0 Å². The van der Waals surface area contributed by atoms with Gasteiger partial charge < -0.3 is 14.6 Å². The Labute approximate surface area is 167 Å². The van der Waals surface area contributed by atoms with Crippen LogP contribution in [0.4, 0.5) is 5.69 Å². The van der Waals surface area contributed by atoms with Crippen LogP contribution >= 0.6 is 0 Å². The molecule has 0 bridgehead atoms. The van der Waals surface area contributed by atoms with E-state index in [0.29, 0.717) is 34.7 Å². The van der Waals surface area contributed by atoms with E-state index in [1.54, 1.807) is 10.5 Å². The Bertz CT molecular complexity index is 1300. The van der Waals surface area contributed by atoms with Crippen LogP contribution in [0.25, 0.3) is 28.0 Å². The molecule has 2 fully saturated rings. The number of aromatic nitrogens is 3. The zero-order valence-electron chi connectivity index (χ0n) is 16.1. The molecule has 1 N–H and O–H groups in total. The molecule has 2 aliphatic rings. The summed E-state index contributed by atoms with van der Waals surface area (Å²) in [6, 6.07) is 11.3. The molecule has 7 nitrogen and oxygen atoms in total. The molecule has 6 rings (SSSR count). The Hall–Kier alpha value is -3.19. The third kappa shape index (κ3) is 2.73. The van der Waals surface area contributed by atoms with Crippen molar-refractivity contribution in [3.63, 3.8) is 0 Å². The lowest BCUT2D eigenvalue weighted by Gasteiger charge is -2.20. The molecule has 7 heteroatoms. The van der Waals surface area contributed by atoms with Crippen LogP contribution in [-0.4, -0.2) is 40.5 Å². The summed E-state index contributed by atoms with van der Waals surface area (Å²) in [7, 11) is 0. The maximum atomic E-state index is 12.9. The molecule has 1 aromatic carbocycles. The van der Waals surface area contributed by atoms with E-state index in [0.717, 1.165) is 42.9 Å². The summed E-state index contributed by atoms with van der Waals surface area (Å²) < 4.78 is 7.26. The van der Waals surface area contributed by atoms with Gasteiger partial charge in [-0.2, -0.15) is 0 Å². The van der Waals surface area contributed by atoms with Crippen molar-refractivity contribution in [2.75, 3.05) is 31.1 Å². The molecule has 0 amide bonds. The molecule has 4 aromatic rings.